The van der Waals surface area contributed by atoms with Crippen molar-refractivity contribution in [2.24, 2.45) is 0 Å². The molecule has 4 rings (SSSR count). The van der Waals surface area contributed by atoms with E-state index in [1.165, 1.54) is 19.1 Å². The van der Waals surface area contributed by atoms with Gasteiger partial charge < -0.3 is 15.5 Å². The van der Waals surface area contributed by atoms with E-state index in [-0.39, 0.29) is 35.0 Å². The van der Waals surface area contributed by atoms with Crippen LogP contribution >= 0.6 is 0 Å². The summed E-state index contributed by atoms with van der Waals surface area (Å²) in [4.78, 5) is 39.2. The summed E-state index contributed by atoms with van der Waals surface area (Å²) in [6.45, 7) is 5.40. The first-order chi connectivity index (χ1) is 17.2. The summed E-state index contributed by atoms with van der Waals surface area (Å²) in [6, 6.07) is 9.67. The lowest BCUT2D eigenvalue weighted by atomic mass is 9.92. The van der Waals surface area contributed by atoms with Crippen molar-refractivity contribution in [1.29, 1.82) is 0 Å². The van der Waals surface area contributed by atoms with E-state index >= 15 is 0 Å². The lowest BCUT2D eigenvalue weighted by Crippen LogP contribution is -2.44. The number of hydrogen-bond donors (Lipinski definition) is 2. The molecule has 3 heterocycles. The van der Waals surface area contributed by atoms with E-state index in [1.54, 1.807) is 37.5 Å². The van der Waals surface area contributed by atoms with Crippen molar-refractivity contribution < 1.29 is 18.4 Å². The zero-order valence-electron chi connectivity index (χ0n) is 20.3. The SMILES string of the molecule is CC(=O)Nc1cc(Nc2cc(-c3cccnc3)nc([C@@H]3CC[C@H](C)N(C(C)=O)C3)n2)cc(C(F)F)c1. The molecule has 36 heavy (non-hydrogen) atoms. The monoisotopic (exact) mass is 494 g/mol. The highest BCUT2D eigenvalue weighted by Crippen LogP contribution is 2.32. The first kappa shape index (κ1) is 25.2. The van der Waals surface area contributed by atoms with Crippen molar-refractivity contribution in [2.75, 3.05) is 17.2 Å². The Morgan fingerprint density at radius 2 is 1.86 bits per heavy atom. The minimum atomic E-state index is -2.71. The first-order valence-electron chi connectivity index (χ1n) is 11.7. The normalized spacial score (nSPS) is 17.7. The van der Waals surface area contributed by atoms with Crippen molar-refractivity contribution in [3.05, 3.63) is 60.2 Å². The van der Waals surface area contributed by atoms with E-state index in [2.05, 4.69) is 15.6 Å². The van der Waals surface area contributed by atoms with Gasteiger partial charge >= 0.3 is 0 Å². The van der Waals surface area contributed by atoms with Crippen LogP contribution in [0, 0.1) is 0 Å². The summed E-state index contributed by atoms with van der Waals surface area (Å²) in [5, 5.41) is 5.66. The minimum Gasteiger partial charge on any atom is -0.340 e. The fourth-order valence-corrected chi connectivity index (χ4v) is 4.40. The summed E-state index contributed by atoms with van der Waals surface area (Å²) in [5.41, 5.74) is 1.76. The van der Waals surface area contributed by atoms with Gasteiger partial charge in [0.25, 0.3) is 6.43 Å². The standard InChI is InChI=1S/C26H28F2N6O2/c1-15-6-7-19(14-34(15)17(3)36)26-32-23(18-5-4-8-29-13-18)12-24(33-26)31-22-10-20(25(27)28)9-21(11-22)30-16(2)35/h4-5,8-13,15,19,25H,6-7,14H2,1-3H3,(H,30,35)(H,31,32,33)/t15-,19+/m0/s1. The highest BCUT2D eigenvalue weighted by atomic mass is 19.3. The molecule has 0 unspecified atom stereocenters. The second-order valence-electron chi connectivity index (χ2n) is 8.98. The number of rotatable bonds is 6. The molecule has 188 valence electrons. The maximum Gasteiger partial charge on any atom is 0.263 e. The smallest absolute Gasteiger partial charge is 0.263 e. The van der Waals surface area contributed by atoms with E-state index in [0.29, 0.717) is 29.6 Å². The Labute approximate surface area is 208 Å². The van der Waals surface area contributed by atoms with E-state index in [4.69, 9.17) is 9.97 Å². The molecule has 0 radical (unpaired) electrons. The molecule has 1 saturated heterocycles. The third-order valence-corrected chi connectivity index (χ3v) is 6.15. The number of hydrogen-bond acceptors (Lipinski definition) is 6. The van der Waals surface area contributed by atoms with Crippen LogP contribution in [0.5, 0.6) is 0 Å². The summed E-state index contributed by atoms with van der Waals surface area (Å²) < 4.78 is 27.0. The molecule has 8 nitrogen and oxygen atoms in total. The molecule has 0 spiro atoms. The molecule has 1 fully saturated rings. The Kier molecular flexibility index (Phi) is 7.52. The van der Waals surface area contributed by atoms with E-state index < -0.39 is 6.43 Å². The fourth-order valence-electron chi connectivity index (χ4n) is 4.40. The Hall–Kier alpha value is -3.95. The molecule has 1 aliphatic heterocycles. The number of alkyl halides is 2. The van der Waals surface area contributed by atoms with Crippen molar-refractivity contribution in [1.82, 2.24) is 19.9 Å². The lowest BCUT2D eigenvalue weighted by Gasteiger charge is -2.37. The summed E-state index contributed by atoms with van der Waals surface area (Å²) in [6.07, 6.45) is 2.27. The van der Waals surface area contributed by atoms with E-state index in [1.807, 2.05) is 17.9 Å². The predicted octanol–water partition coefficient (Wildman–Crippen LogP) is 5.29. The second kappa shape index (κ2) is 10.8. The van der Waals surface area contributed by atoms with Crippen LogP contribution in [0.1, 0.15) is 57.3 Å². The Morgan fingerprint density at radius 1 is 1.08 bits per heavy atom. The van der Waals surface area contributed by atoms with Gasteiger partial charge in [0.15, 0.2) is 0 Å². The van der Waals surface area contributed by atoms with Crippen molar-refractivity contribution >= 4 is 29.0 Å². The van der Waals surface area contributed by atoms with Crippen LogP contribution in [-0.4, -0.2) is 44.3 Å². The maximum atomic E-state index is 13.5. The third-order valence-electron chi connectivity index (χ3n) is 6.15. The topological polar surface area (TPSA) is 100 Å². The van der Waals surface area contributed by atoms with Crippen LogP contribution in [0.4, 0.5) is 26.0 Å². The summed E-state index contributed by atoms with van der Waals surface area (Å²) in [7, 11) is 0. The maximum absolute atomic E-state index is 13.5. The molecule has 2 N–H and O–H groups in total. The number of aromatic nitrogens is 3. The van der Waals surface area contributed by atoms with Crippen LogP contribution in [0.2, 0.25) is 0 Å². The molecule has 10 heteroatoms. The molecule has 1 aliphatic rings. The number of halogens is 2. The highest BCUT2D eigenvalue weighted by molar-refractivity contribution is 5.89. The van der Waals surface area contributed by atoms with Gasteiger partial charge in [-0.05, 0) is 50.1 Å². The van der Waals surface area contributed by atoms with E-state index in [9.17, 15) is 18.4 Å². The third kappa shape index (κ3) is 5.99. The molecular formula is C26H28F2N6O2. The van der Waals surface area contributed by atoms with Gasteiger partial charge in [-0.15, -0.1) is 0 Å². The first-order valence-corrected chi connectivity index (χ1v) is 11.7. The predicted molar refractivity (Wildman–Crippen MR) is 133 cm³/mol. The van der Waals surface area contributed by atoms with Crippen LogP contribution < -0.4 is 10.6 Å². The summed E-state index contributed by atoms with van der Waals surface area (Å²) >= 11 is 0. The molecule has 0 bridgehead atoms. The van der Waals surface area contributed by atoms with Gasteiger partial charge in [-0.2, -0.15) is 0 Å². The zero-order chi connectivity index (χ0) is 25.8. The molecule has 0 aliphatic carbocycles. The number of likely N-dealkylation sites (tertiary alicyclic amines) is 1. The minimum absolute atomic E-state index is 0.00303. The average molecular weight is 495 g/mol. The Bertz CT molecular complexity index is 1250. The van der Waals surface area contributed by atoms with Gasteiger partial charge in [0.05, 0.1) is 5.69 Å². The molecule has 2 amide bonds. The number of carbonyl (C=O) groups excluding carboxylic acids is 2. The van der Waals surface area contributed by atoms with Gasteiger partial charge in [-0.1, -0.05) is 0 Å². The molecule has 2 aromatic heterocycles. The number of amides is 2. The van der Waals surface area contributed by atoms with Crippen LogP contribution in [0.3, 0.4) is 0 Å². The largest absolute Gasteiger partial charge is 0.340 e. The van der Waals surface area contributed by atoms with Gasteiger partial charge in [-0.25, -0.2) is 18.7 Å². The van der Waals surface area contributed by atoms with Crippen molar-refractivity contribution in [2.45, 2.75) is 52.0 Å². The summed E-state index contributed by atoms with van der Waals surface area (Å²) in [5.74, 6) is 0.529. The van der Waals surface area contributed by atoms with Crippen molar-refractivity contribution in [3.8, 4) is 11.3 Å². The van der Waals surface area contributed by atoms with Crippen LogP contribution in [-0.2, 0) is 9.59 Å². The quantitative estimate of drug-likeness (QED) is 0.483. The number of benzene rings is 1. The average Bonchev–Trinajstić information content (AvgIpc) is 2.84. The molecule has 1 aromatic carbocycles. The number of carbonyl (C=O) groups is 2. The Morgan fingerprint density at radius 3 is 2.53 bits per heavy atom. The van der Waals surface area contributed by atoms with Gasteiger partial charge in [0, 0.05) is 73.3 Å². The zero-order valence-corrected chi connectivity index (χ0v) is 20.3. The molecule has 2 atom stereocenters. The van der Waals surface area contributed by atoms with Gasteiger partial charge in [-0.3, -0.25) is 14.6 Å². The number of piperidine rings is 1. The van der Waals surface area contributed by atoms with E-state index in [0.717, 1.165) is 18.4 Å². The van der Waals surface area contributed by atoms with Gasteiger partial charge in [0.2, 0.25) is 11.8 Å². The number of nitrogens with one attached hydrogen (secondary N) is 2. The van der Waals surface area contributed by atoms with Crippen LogP contribution in [0.25, 0.3) is 11.3 Å². The molecule has 3 aromatic rings. The lowest BCUT2D eigenvalue weighted by molar-refractivity contribution is -0.132. The number of nitrogens with zero attached hydrogens (tertiary/aromatic N) is 4. The van der Waals surface area contributed by atoms with Crippen molar-refractivity contribution in [3.63, 3.8) is 0 Å². The molecule has 0 saturated carbocycles. The number of pyridine rings is 1. The van der Waals surface area contributed by atoms with Crippen LogP contribution in [0.15, 0.2) is 48.8 Å². The Balaban J connectivity index is 1.73. The van der Waals surface area contributed by atoms with Gasteiger partial charge in [0.1, 0.15) is 11.6 Å². The fraction of sp³-hybridized carbons (Fsp3) is 0.346. The number of anilines is 3. The highest BCUT2D eigenvalue weighted by Gasteiger charge is 2.30. The second-order valence-corrected chi connectivity index (χ2v) is 8.98. The molecular weight excluding hydrogens is 466 g/mol.